The van der Waals surface area contributed by atoms with Crippen LogP contribution in [0.1, 0.15) is 18.9 Å². The number of ether oxygens (including phenoxy) is 1. The van der Waals surface area contributed by atoms with Gasteiger partial charge < -0.3 is 9.15 Å². The molecule has 1 aromatic rings. The lowest BCUT2D eigenvalue weighted by molar-refractivity contribution is -0.128. The van der Waals surface area contributed by atoms with Gasteiger partial charge in [-0.25, -0.2) is 0 Å². The van der Waals surface area contributed by atoms with E-state index in [0.29, 0.717) is 12.8 Å². The highest BCUT2D eigenvalue weighted by Gasteiger charge is 2.15. The summed E-state index contributed by atoms with van der Waals surface area (Å²) in [6, 6.07) is 1.79. The molecular formula is C10H14O3. The third-order valence-corrected chi connectivity index (χ3v) is 1.97. The first kappa shape index (κ1) is 9.99. The molecule has 0 aromatic carbocycles. The van der Waals surface area contributed by atoms with Crippen LogP contribution in [0.4, 0.5) is 0 Å². The quantitative estimate of drug-likeness (QED) is 0.697. The molecule has 0 radical (unpaired) electrons. The number of rotatable bonds is 5. The molecule has 13 heavy (non-hydrogen) atoms. The molecule has 1 heterocycles. The van der Waals surface area contributed by atoms with Crippen molar-refractivity contribution in [2.75, 3.05) is 7.11 Å². The molecule has 3 nitrogen and oxygen atoms in total. The van der Waals surface area contributed by atoms with E-state index in [4.69, 9.17) is 9.15 Å². The van der Waals surface area contributed by atoms with Gasteiger partial charge in [0.15, 0.2) is 5.78 Å². The molecule has 0 saturated heterocycles. The first-order valence-corrected chi connectivity index (χ1v) is 4.34. The van der Waals surface area contributed by atoms with Crippen LogP contribution in [0.3, 0.4) is 0 Å². The predicted molar refractivity (Wildman–Crippen MR) is 48.5 cm³/mol. The summed E-state index contributed by atoms with van der Waals surface area (Å²) in [4.78, 5) is 11.5. The number of Topliss-reactive ketones (excluding diaryl/α,β-unsaturated/α-hetero) is 1. The van der Waals surface area contributed by atoms with E-state index in [2.05, 4.69) is 0 Å². The van der Waals surface area contributed by atoms with Crippen LogP contribution in [-0.4, -0.2) is 19.0 Å². The van der Waals surface area contributed by atoms with Crippen LogP contribution in [-0.2, 0) is 16.0 Å². The minimum atomic E-state index is -0.283. The molecule has 0 spiro atoms. The number of methoxy groups -OCH3 is 1. The van der Waals surface area contributed by atoms with Crippen molar-refractivity contribution in [3.63, 3.8) is 0 Å². The molecule has 0 saturated carbocycles. The van der Waals surface area contributed by atoms with E-state index >= 15 is 0 Å². The van der Waals surface area contributed by atoms with Gasteiger partial charge in [-0.05, 0) is 18.1 Å². The largest absolute Gasteiger partial charge is 0.472 e. The third kappa shape index (κ3) is 2.70. The maximum Gasteiger partial charge on any atom is 0.165 e. The molecule has 1 atom stereocenters. The van der Waals surface area contributed by atoms with Crippen molar-refractivity contribution in [2.45, 2.75) is 25.9 Å². The first-order chi connectivity index (χ1) is 6.27. The molecule has 0 aliphatic rings. The second-order valence-electron chi connectivity index (χ2n) is 2.91. The summed E-state index contributed by atoms with van der Waals surface area (Å²) in [5.41, 5.74) is 0.903. The average molecular weight is 182 g/mol. The Hall–Kier alpha value is -1.09. The van der Waals surface area contributed by atoms with Crippen molar-refractivity contribution < 1.29 is 13.9 Å². The van der Waals surface area contributed by atoms with Crippen LogP contribution < -0.4 is 0 Å². The first-order valence-electron chi connectivity index (χ1n) is 4.34. The Morgan fingerprint density at radius 2 is 2.46 bits per heavy atom. The summed E-state index contributed by atoms with van der Waals surface area (Å²) >= 11 is 0. The summed E-state index contributed by atoms with van der Waals surface area (Å²) in [7, 11) is 1.56. The van der Waals surface area contributed by atoms with E-state index in [1.807, 2.05) is 6.92 Å². The standard InChI is InChI=1S/C10H14O3/c1-3-10(12-2)9(11)6-8-4-5-13-7-8/h4-5,7,10H,3,6H2,1-2H3. The van der Waals surface area contributed by atoms with Crippen molar-refractivity contribution in [3.05, 3.63) is 24.2 Å². The summed E-state index contributed by atoms with van der Waals surface area (Å²) in [6.07, 6.45) is 3.97. The maximum absolute atomic E-state index is 11.5. The number of carbonyl (C=O) groups is 1. The zero-order valence-electron chi connectivity index (χ0n) is 7.95. The Bertz CT molecular complexity index is 247. The predicted octanol–water partition coefficient (Wildman–Crippen LogP) is 1.82. The molecule has 1 aromatic heterocycles. The fourth-order valence-electron chi connectivity index (χ4n) is 1.23. The Morgan fingerprint density at radius 1 is 1.69 bits per heavy atom. The molecule has 0 amide bonds. The molecule has 0 aliphatic carbocycles. The average Bonchev–Trinajstić information content (AvgIpc) is 2.59. The van der Waals surface area contributed by atoms with Gasteiger partial charge in [0, 0.05) is 13.5 Å². The lowest BCUT2D eigenvalue weighted by Gasteiger charge is -2.10. The highest BCUT2D eigenvalue weighted by molar-refractivity contribution is 5.85. The van der Waals surface area contributed by atoms with Crippen LogP contribution in [0.2, 0.25) is 0 Å². The van der Waals surface area contributed by atoms with Crippen molar-refractivity contribution in [3.8, 4) is 0 Å². The minimum absolute atomic E-state index is 0.103. The molecule has 0 fully saturated rings. The number of furan rings is 1. The van der Waals surface area contributed by atoms with Crippen molar-refractivity contribution >= 4 is 5.78 Å². The molecule has 0 N–H and O–H groups in total. The molecule has 0 bridgehead atoms. The number of hydrogen-bond donors (Lipinski definition) is 0. The zero-order chi connectivity index (χ0) is 9.68. The smallest absolute Gasteiger partial charge is 0.165 e. The third-order valence-electron chi connectivity index (χ3n) is 1.97. The van der Waals surface area contributed by atoms with Crippen LogP contribution in [0, 0.1) is 0 Å². The SMILES string of the molecule is CCC(OC)C(=O)Cc1ccoc1. The molecule has 72 valence electrons. The Morgan fingerprint density at radius 3 is 2.92 bits per heavy atom. The van der Waals surface area contributed by atoms with E-state index in [9.17, 15) is 4.79 Å². The van der Waals surface area contributed by atoms with Crippen LogP contribution in [0.25, 0.3) is 0 Å². The van der Waals surface area contributed by atoms with E-state index < -0.39 is 0 Å². The van der Waals surface area contributed by atoms with Crippen molar-refractivity contribution in [1.29, 1.82) is 0 Å². The lowest BCUT2D eigenvalue weighted by atomic mass is 10.1. The monoisotopic (exact) mass is 182 g/mol. The van der Waals surface area contributed by atoms with Crippen LogP contribution >= 0.6 is 0 Å². The van der Waals surface area contributed by atoms with Gasteiger partial charge in [-0.15, -0.1) is 0 Å². The summed E-state index contributed by atoms with van der Waals surface area (Å²) in [5, 5.41) is 0. The van der Waals surface area contributed by atoms with Gasteiger partial charge >= 0.3 is 0 Å². The van der Waals surface area contributed by atoms with Crippen molar-refractivity contribution in [1.82, 2.24) is 0 Å². The number of carbonyl (C=O) groups excluding carboxylic acids is 1. The topological polar surface area (TPSA) is 39.4 Å². The van der Waals surface area contributed by atoms with Gasteiger partial charge in [0.25, 0.3) is 0 Å². The summed E-state index contributed by atoms with van der Waals surface area (Å²) in [5.74, 6) is 0.103. The van der Waals surface area contributed by atoms with E-state index in [0.717, 1.165) is 5.56 Å². The van der Waals surface area contributed by atoms with Gasteiger partial charge in [-0.2, -0.15) is 0 Å². The summed E-state index contributed by atoms with van der Waals surface area (Å²) < 4.78 is 9.90. The van der Waals surface area contributed by atoms with Gasteiger partial charge in [0.05, 0.1) is 12.5 Å². The normalized spacial score (nSPS) is 12.8. The Balaban J connectivity index is 2.49. The molecule has 1 unspecified atom stereocenters. The molecular weight excluding hydrogens is 168 g/mol. The highest BCUT2D eigenvalue weighted by atomic mass is 16.5. The Kier molecular flexibility index (Phi) is 3.71. The van der Waals surface area contributed by atoms with E-state index in [1.54, 1.807) is 25.7 Å². The number of hydrogen-bond acceptors (Lipinski definition) is 3. The fraction of sp³-hybridized carbons (Fsp3) is 0.500. The van der Waals surface area contributed by atoms with Crippen LogP contribution in [0.5, 0.6) is 0 Å². The Labute approximate surface area is 77.7 Å². The molecule has 1 rings (SSSR count). The molecule has 3 heteroatoms. The lowest BCUT2D eigenvalue weighted by Crippen LogP contribution is -2.23. The van der Waals surface area contributed by atoms with Gasteiger partial charge in [-0.3, -0.25) is 4.79 Å². The van der Waals surface area contributed by atoms with Crippen LogP contribution in [0.15, 0.2) is 23.0 Å². The zero-order valence-corrected chi connectivity index (χ0v) is 7.95. The van der Waals surface area contributed by atoms with Gasteiger partial charge in [0.2, 0.25) is 0 Å². The van der Waals surface area contributed by atoms with E-state index in [1.165, 1.54) is 0 Å². The van der Waals surface area contributed by atoms with Gasteiger partial charge in [-0.1, -0.05) is 6.92 Å². The van der Waals surface area contributed by atoms with Crippen molar-refractivity contribution in [2.24, 2.45) is 0 Å². The fourth-order valence-corrected chi connectivity index (χ4v) is 1.23. The highest BCUT2D eigenvalue weighted by Crippen LogP contribution is 2.06. The number of ketones is 1. The maximum atomic E-state index is 11.5. The second kappa shape index (κ2) is 4.82. The molecule has 0 aliphatic heterocycles. The van der Waals surface area contributed by atoms with E-state index in [-0.39, 0.29) is 11.9 Å². The minimum Gasteiger partial charge on any atom is -0.472 e. The van der Waals surface area contributed by atoms with Gasteiger partial charge in [0.1, 0.15) is 6.10 Å². The second-order valence-corrected chi connectivity index (χ2v) is 2.91. The summed E-state index contributed by atoms with van der Waals surface area (Å²) in [6.45, 7) is 1.93.